The van der Waals surface area contributed by atoms with Crippen molar-refractivity contribution in [1.82, 2.24) is 15.0 Å². The molecule has 150 valence electrons. The van der Waals surface area contributed by atoms with Gasteiger partial charge in [0.05, 0.1) is 11.9 Å². The van der Waals surface area contributed by atoms with Crippen LogP contribution in [-0.4, -0.2) is 40.1 Å². The Hall–Kier alpha value is -3.89. The normalized spacial score (nSPS) is 11.9. The van der Waals surface area contributed by atoms with Gasteiger partial charge in [0.2, 0.25) is 0 Å². The van der Waals surface area contributed by atoms with E-state index in [2.05, 4.69) is 29.8 Å². The molecule has 3 N–H and O–H groups in total. The minimum atomic E-state index is -3.15. The van der Waals surface area contributed by atoms with Crippen LogP contribution in [0.1, 0.15) is 0 Å². The fourth-order valence-corrected chi connectivity index (χ4v) is 2.19. The van der Waals surface area contributed by atoms with E-state index in [9.17, 15) is 13.2 Å². The maximum absolute atomic E-state index is 13.4. The summed E-state index contributed by atoms with van der Waals surface area (Å²) < 4.78 is 47.5. The first-order valence-electron chi connectivity index (χ1n) is 8.19. The van der Waals surface area contributed by atoms with Crippen molar-refractivity contribution < 1.29 is 22.6 Å². The van der Waals surface area contributed by atoms with Crippen LogP contribution in [-0.2, 0) is 0 Å². The average Bonchev–Trinajstić information content (AvgIpc) is 3.25. The van der Waals surface area contributed by atoms with Gasteiger partial charge in [-0.3, -0.25) is 4.99 Å². The van der Waals surface area contributed by atoms with E-state index >= 15 is 0 Å². The van der Waals surface area contributed by atoms with Crippen LogP contribution in [0.2, 0.25) is 0 Å². The molecule has 0 bridgehead atoms. The molecule has 0 aliphatic carbocycles. The van der Waals surface area contributed by atoms with Crippen LogP contribution >= 0.6 is 0 Å². The number of rotatable bonds is 8. The van der Waals surface area contributed by atoms with E-state index in [4.69, 9.17) is 10.6 Å². The molecule has 0 aliphatic heterocycles. The number of benzene rings is 1. The van der Waals surface area contributed by atoms with E-state index in [1.807, 2.05) is 12.1 Å². The van der Waals surface area contributed by atoms with E-state index in [0.29, 0.717) is 0 Å². The SMILES string of the molecule is NN=C(C=Nc1ccc(F)c(OC(F)F)c1)COc1ncc(-c2ccc[nH]2)cn1. The first-order chi connectivity index (χ1) is 14.0. The number of halogens is 3. The number of nitrogens with two attached hydrogens (primary N) is 1. The zero-order valence-corrected chi connectivity index (χ0v) is 14.8. The van der Waals surface area contributed by atoms with Crippen molar-refractivity contribution in [2.75, 3.05) is 6.61 Å². The molecule has 29 heavy (non-hydrogen) atoms. The second kappa shape index (κ2) is 9.35. The summed E-state index contributed by atoms with van der Waals surface area (Å²) >= 11 is 0. The van der Waals surface area contributed by atoms with E-state index in [0.717, 1.165) is 23.4 Å². The van der Waals surface area contributed by atoms with Crippen molar-refractivity contribution in [3.05, 3.63) is 54.7 Å². The monoisotopic (exact) mass is 404 g/mol. The van der Waals surface area contributed by atoms with Gasteiger partial charge in [0.1, 0.15) is 12.3 Å². The number of ether oxygens (including phenoxy) is 2. The molecule has 2 heterocycles. The molecule has 1 aromatic carbocycles. The minimum absolute atomic E-state index is 0.0938. The van der Waals surface area contributed by atoms with Crippen LogP contribution in [0.5, 0.6) is 11.8 Å². The van der Waals surface area contributed by atoms with Gasteiger partial charge in [-0.25, -0.2) is 14.4 Å². The smallest absolute Gasteiger partial charge is 0.387 e. The Labute approximate surface area is 162 Å². The van der Waals surface area contributed by atoms with Gasteiger partial charge in [0, 0.05) is 35.9 Å². The molecule has 2 aromatic heterocycles. The third-order valence-corrected chi connectivity index (χ3v) is 3.55. The molecule has 0 atom stereocenters. The van der Waals surface area contributed by atoms with Crippen molar-refractivity contribution >= 4 is 17.6 Å². The van der Waals surface area contributed by atoms with Crippen LogP contribution in [0.15, 0.2) is 59.0 Å². The number of hydrazone groups is 1. The lowest BCUT2D eigenvalue weighted by molar-refractivity contribution is -0.0521. The number of nitrogens with zero attached hydrogens (tertiary/aromatic N) is 4. The zero-order chi connectivity index (χ0) is 20.6. The third-order valence-electron chi connectivity index (χ3n) is 3.55. The van der Waals surface area contributed by atoms with Gasteiger partial charge in [0.15, 0.2) is 11.6 Å². The van der Waals surface area contributed by atoms with E-state index in [1.54, 1.807) is 18.6 Å². The highest BCUT2D eigenvalue weighted by Crippen LogP contribution is 2.25. The Morgan fingerprint density at radius 2 is 2.03 bits per heavy atom. The molecule has 0 aliphatic rings. The molecule has 0 amide bonds. The van der Waals surface area contributed by atoms with Gasteiger partial charge in [-0.15, -0.1) is 0 Å². The molecular formula is C18H15F3N6O2. The molecular weight excluding hydrogens is 389 g/mol. The van der Waals surface area contributed by atoms with E-state index in [1.165, 1.54) is 12.3 Å². The predicted octanol–water partition coefficient (Wildman–Crippen LogP) is 3.31. The second-order valence-corrected chi connectivity index (χ2v) is 5.50. The summed E-state index contributed by atoms with van der Waals surface area (Å²) in [5.74, 6) is 3.75. The Kier molecular flexibility index (Phi) is 6.40. The Morgan fingerprint density at radius 3 is 2.69 bits per heavy atom. The fraction of sp³-hybridized carbons (Fsp3) is 0.111. The molecule has 3 aromatic rings. The first kappa shape index (κ1) is 19.9. The summed E-state index contributed by atoms with van der Waals surface area (Å²) in [6.07, 6.45) is 6.20. The Balaban J connectivity index is 1.61. The summed E-state index contributed by atoms with van der Waals surface area (Å²) in [7, 11) is 0. The van der Waals surface area contributed by atoms with Gasteiger partial charge in [-0.1, -0.05) is 0 Å². The highest BCUT2D eigenvalue weighted by atomic mass is 19.3. The van der Waals surface area contributed by atoms with Crippen LogP contribution in [0.3, 0.4) is 0 Å². The highest BCUT2D eigenvalue weighted by Gasteiger charge is 2.10. The van der Waals surface area contributed by atoms with Crippen LogP contribution in [0.25, 0.3) is 11.3 Å². The maximum Gasteiger partial charge on any atom is 0.387 e. The molecule has 0 saturated heterocycles. The summed E-state index contributed by atoms with van der Waals surface area (Å²) in [4.78, 5) is 15.2. The fourth-order valence-electron chi connectivity index (χ4n) is 2.19. The van der Waals surface area contributed by atoms with Crippen molar-refractivity contribution in [2.24, 2.45) is 15.9 Å². The maximum atomic E-state index is 13.4. The average molecular weight is 404 g/mol. The van der Waals surface area contributed by atoms with E-state index in [-0.39, 0.29) is 24.0 Å². The van der Waals surface area contributed by atoms with Gasteiger partial charge >= 0.3 is 12.6 Å². The summed E-state index contributed by atoms with van der Waals surface area (Å²) in [6.45, 7) is -3.25. The summed E-state index contributed by atoms with van der Waals surface area (Å²) in [5, 5.41) is 3.52. The largest absolute Gasteiger partial charge is 0.457 e. The van der Waals surface area contributed by atoms with Crippen LogP contribution in [0, 0.1) is 5.82 Å². The number of H-pyrrole nitrogens is 1. The standard InChI is InChI=1S/C18H15F3N6O2/c19-14-4-3-12(6-16(14)29-17(20)21)24-9-13(27-22)10-28-18-25-7-11(8-26-18)15-2-1-5-23-15/h1-9,17,23H,10,22H2. The lowest BCUT2D eigenvalue weighted by atomic mass is 10.2. The topological polar surface area (TPSA) is 111 Å². The lowest BCUT2D eigenvalue weighted by Gasteiger charge is -2.06. The molecule has 0 fully saturated rings. The number of hydrogen-bond donors (Lipinski definition) is 2. The first-order valence-corrected chi connectivity index (χ1v) is 8.19. The van der Waals surface area contributed by atoms with E-state index < -0.39 is 18.2 Å². The van der Waals surface area contributed by atoms with Gasteiger partial charge < -0.3 is 20.3 Å². The van der Waals surface area contributed by atoms with Crippen molar-refractivity contribution in [2.45, 2.75) is 6.61 Å². The van der Waals surface area contributed by atoms with Gasteiger partial charge in [-0.05, 0) is 24.3 Å². The summed E-state index contributed by atoms with van der Waals surface area (Å²) in [5.41, 5.74) is 2.02. The number of nitrogens with one attached hydrogen (secondary N) is 1. The second-order valence-electron chi connectivity index (χ2n) is 5.50. The number of hydrogen-bond acceptors (Lipinski definition) is 7. The number of aromatic amines is 1. The lowest BCUT2D eigenvalue weighted by Crippen LogP contribution is -2.16. The Morgan fingerprint density at radius 1 is 1.24 bits per heavy atom. The molecule has 0 spiro atoms. The molecule has 0 unspecified atom stereocenters. The van der Waals surface area contributed by atoms with Gasteiger partial charge in [0.25, 0.3) is 0 Å². The molecule has 3 rings (SSSR count). The quantitative estimate of drug-likeness (QED) is 0.340. The van der Waals surface area contributed by atoms with Crippen molar-refractivity contribution in [1.29, 1.82) is 0 Å². The van der Waals surface area contributed by atoms with Crippen molar-refractivity contribution in [3.8, 4) is 23.0 Å². The van der Waals surface area contributed by atoms with Crippen molar-refractivity contribution in [3.63, 3.8) is 0 Å². The summed E-state index contributed by atoms with van der Waals surface area (Å²) in [6, 6.07) is 7.09. The molecule has 0 radical (unpaired) electrons. The number of aromatic nitrogens is 3. The molecule has 8 nitrogen and oxygen atoms in total. The highest BCUT2D eigenvalue weighted by molar-refractivity contribution is 6.31. The zero-order valence-electron chi connectivity index (χ0n) is 14.8. The number of aliphatic imine (C=N–C) groups is 1. The molecule has 11 heteroatoms. The van der Waals surface area contributed by atoms with Crippen LogP contribution < -0.4 is 15.3 Å². The number of alkyl halides is 2. The van der Waals surface area contributed by atoms with Gasteiger partial charge in [-0.2, -0.15) is 13.9 Å². The van der Waals surface area contributed by atoms with Crippen LogP contribution in [0.4, 0.5) is 18.9 Å². The Bertz CT molecular complexity index is 991. The third kappa shape index (κ3) is 5.54. The molecule has 0 saturated carbocycles. The predicted molar refractivity (Wildman–Crippen MR) is 100 cm³/mol. The minimum Gasteiger partial charge on any atom is -0.457 e.